The zero-order valence-electron chi connectivity index (χ0n) is 9.23. The van der Waals surface area contributed by atoms with E-state index < -0.39 is 0 Å². The van der Waals surface area contributed by atoms with E-state index in [1.165, 1.54) is 0 Å². The zero-order valence-corrected chi connectivity index (χ0v) is 10.1. The van der Waals surface area contributed by atoms with Gasteiger partial charge in [0.2, 0.25) is 0 Å². The van der Waals surface area contributed by atoms with E-state index >= 15 is 0 Å². The first-order valence-electron chi connectivity index (χ1n) is 4.98. The Balaban J connectivity index is 2.62. The minimum atomic E-state index is 0.787. The Kier molecular flexibility index (Phi) is 2.79. The third-order valence-electron chi connectivity index (χ3n) is 2.58. The maximum atomic E-state index is 6.00. The monoisotopic (exact) mass is 230 g/mol. The molecule has 3 heteroatoms. The van der Waals surface area contributed by atoms with Crippen LogP contribution in [0.4, 0.5) is 11.4 Å². The number of anilines is 2. The number of hydrogen-bond acceptors (Lipinski definition) is 3. The Morgan fingerprint density at radius 1 is 1.31 bits per heavy atom. The SMILES string of the molecule is C=CC1=C(C=C)N(C)c2c(N)cccc2S1. The molecule has 0 saturated heterocycles. The molecule has 2 rings (SSSR count). The molecule has 1 aromatic carbocycles. The number of thioether (sulfide) groups is 1. The number of hydrogen-bond donors (Lipinski definition) is 1. The lowest BCUT2D eigenvalue weighted by molar-refractivity contribution is 1.09. The van der Waals surface area contributed by atoms with Gasteiger partial charge in [-0.3, -0.25) is 0 Å². The molecule has 16 heavy (non-hydrogen) atoms. The van der Waals surface area contributed by atoms with Crippen molar-refractivity contribution in [1.82, 2.24) is 0 Å². The van der Waals surface area contributed by atoms with Gasteiger partial charge in [0, 0.05) is 16.8 Å². The summed E-state index contributed by atoms with van der Waals surface area (Å²) in [5.74, 6) is 0. The minimum absolute atomic E-state index is 0.787. The minimum Gasteiger partial charge on any atom is -0.397 e. The van der Waals surface area contributed by atoms with Crippen LogP contribution in [-0.4, -0.2) is 7.05 Å². The third kappa shape index (κ3) is 1.53. The van der Waals surface area contributed by atoms with Gasteiger partial charge in [-0.05, 0) is 18.2 Å². The molecule has 82 valence electrons. The number of likely N-dealkylation sites (N-methyl/N-ethyl adjacent to an activating group) is 1. The topological polar surface area (TPSA) is 29.3 Å². The Morgan fingerprint density at radius 2 is 2.06 bits per heavy atom. The highest BCUT2D eigenvalue weighted by Gasteiger charge is 2.21. The van der Waals surface area contributed by atoms with Gasteiger partial charge < -0.3 is 10.6 Å². The number of fused-ring (bicyclic) bond motifs is 1. The molecule has 0 atom stereocenters. The summed E-state index contributed by atoms with van der Waals surface area (Å²) in [7, 11) is 2.00. The predicted octanol–water partition coefficient (Wildman–Crippen LogP) is 3.39. The number of nitrogens with zero attached hydrogens (tertiary/aromatic N) is 1. The highest BCUT2D eigenvalue weighted by atomic mass is 32.2. The molecule has 0 amide bonds. The quantitative estimate of drug-likeness (QED) is 0.790. The van der Waals surface area contributed by atoms with E-state index in [2.05, 4.69) is 24.1 Å². The van der Waals surface area contributed by atoms with Gasteiger partial charge in [-0.15, -0.1) is 0 Å². The van der Waals surface area contributed by atoms with Crippen LogP contribution in [0.2, 0.25) is 0 Å². The molecule has 1 aliphatic heterocycles. The maximum Gasteiger partial charge on any atom is 0.0783 e. The van der Waals surface area contributed by atoms with Crippen LogP contribution in [-0.2, 0) is 0 Å². The van der Waals surface area contributed by atoms with Gasteiger partial charge in [0.05, 0.1) is 17.1 Å². The fraction of sp³-hybridized carbons (Fsp3) is 0.0769. The van der Waals surface area contributed by atoms with Crippen molar-refractivity contribution in [3.63, 3.8) is 0 Å². The van der Waals surface area contributed by atoms with E-state index in [4.69, 9.17) is 5.73 Å². The van der Waals surface area contributed by atoms with Crippen LogP contribution in [0.3, 0.4) is 0 Å². The summed E-state index contributed by atoms with van der Waals surface area (Å²) < 4.78 is 0. The van der Waals surface area contributed by atoms with E-state index in [0.717, 1.165) is 26.9 Å². The largest absolute Gasteiger partial charge is 0.397 e. The third-order valence-corrected chi connectivity index (χ3v) is 3.72. The molecule has 0 spiro atoms. The van der Waals surface area contributed by atoms with E-state index in [1.807, 2.05) is 31.3 Å². The second-order valence-corrected chi connectivity index (χ2v) is 4.60. The predicted molar refractivity (Wildman–Crippen MR) is 72.5 cm³/mol. The van der Waals surface area contributed by atoms with Crippen molar-refractivity contribution >= 4 is 23.1 Å². The van der Waals surface area contributed by atoms with Crippen LogP contribution in [0.25, 0.3) is 0 Å². The molecule has 1 heterocycles. The molecule has 0 aromatic heterocycles. The zero-order chi connectivity index (χ0) is 11.7. The summed E-state index contributed by atoms with van der Waals surface area (Å²) in [6, 6.07) is 5.94. The van der Waals surface area contributed by atoms with E-state index in [-0.39, 0.29) is 0 Å². The van der Waals surface area contributed by atoms with E-state index in [0.29, 0.717) is 0 Å². The molecule has 0 fully saturated rings. The fourth-order valence-corrected chi connectivity index (χ4v) is 2.96. The van der Waals surface area contributed by atoms with Crippen molar-refractivity contribution in [2.75, 3.05) is 17.7 Å². The number of allylic oxidation sites excluding steroid dienone is 2. The van der Waals surface area contributed by atoms with Gasteiger partial charge >= 0.3 is 0 Å². The number of rotatable bonds is 2. The van der Waals surface area contributed by atoms with Gasteiger partial charge in [0.25, 0.3) is 0 Å². The van der Waals surface area contributed by atoms with Crippen LogP contribution < -0.4 is 10.6 Å². The lowest BCUT2D eigenvalue weighted by Gasteiger charge is -2.30. The molecule has 0 bridgehead atoms. The van der Waals surface area contributed by atoms with Gasteiger partial charge in [0.1, 0.15) is 0 Å². The highest BCUT2D eigenvalue weighted by molar-refractivity contribution is 8.03. The van der Waals surface area contributed by atoms with Crippen molar-refractivity contribution in [3.8, 4) is 0 Å². The molecule has 2 nitrogen and oxygen atoms in total. The van der Waals surface area contributed by atoms with Crippen molar-refractivity contribution in [2.24, 2.45) is 0 Å². The normalized spacial score (nSPS) is 14.7. The molecular weight excluding hydrogens is 216 g/mol. The fourth-order valence-electron chi connectivity index (χ4n) is 1.82. The molecule has 0 radical (unpaired) electrons. The highest BCUT2D eigenvalue weighted by Crippen LogP contribution is 2.45. The summed E-state index contributed by atoms with van der Waals surface area (Å²) in [4.78, 5) is 4.32. The smallest absolute Gasteiger partial charge is 0.0783 e. The Morgan fingerprint density at radius 3 is 2.69 bits per heavy atom. The summed E-state index contributed by atoms with van der Waals surface area (Å²) in [5, 5.41) is 0. The maximum absolute atomic E-state index is 6.00. The average Bonchev–Trinajstić information content (AvgIpc) is 2.28. The number of benzene rings is 1. The second-order valence-electron chi connectivity index (χ2n) is 3.51. The van der Waals surface area contributed by atoms with Crippen molar-refractivity contribution in [1.29, 1.82) is 0 Å². The first-order valence-corrected chi connectivity index (χ1v) is 5.80. The molecule has 0 unspecified atom stereocenters. The first-order chi connectivity index (χ1) is 7.69. The van der Waals surface area contributed by atoms with Crippen LogP contribution in [0.15, 0.2) is 59.0 Å². The summed E-state index contributed by atoms with van der Waals surface area (Å²) in [6.07, 6.45) is 3.68. The molecular formula is C13H14N2S. The van der Waals surface area contributed by atoms with Crippen LogP contribution in [0, 0.1) is 0 Å². The lowest BCUT2D eigenvalue weighted by Crippen LogP contribution is -2.21. The Hall–Kier alpha value is -1.61. The summed E-state index contributed by atoms with van der Waals surface area (Å²) in [6.45, 7) is 7.66. The lowest BCUT2D eigenvalue weighted by atomic mass is 10.2. The molecule has 1 aromatic rings. The Bertz CT molecular complexity index is 489. The molecule has 0 aliphatic carbocycles. The number of para-hydroxylation sites is 1. The van der Waals surface area contributed by atoms with Gasteiger partial charge in [-0.2, -0.15) is 0 Å². The summed E-state index contributed by atoms with van der Waals surface area (Å²) >= 11 is 1.68. The van der Waals surface area contributed by atoms with Crippen molar-refractivity contribution < 1.29 is 0 Å². The van der Waals surface area contributed by atoms with Gasteiger partial charge in [-0.1, -0.05) is 37.1 Å². The Labute approximate surface area is 100 Å². The standard InChI is InChI=1S/C13H14N2S/c1-4-10-11(5-2)16-12-8-6-7-9(14)13(12)15(10)3/h4-8H,1-2,14H2,3H3. The van der Waals surface area contributed by atoms with Crippen molar-refractivity contribution in [2.45, 2.75) is 4.90 Å². The average molecular weight is 230 g/mol. The van der Waals surface area contributed by atoms with E-state index in [1.54, 1.807) is 11.8 Å². The van der Waals surface area contributed by atoms with Gasteiger partial charge in [-0.25, -0.2) is 0 Å². The van der Waals surface area contributed by atoms with Gasteiger partial charge in [0.15, 0.2) is 0 Å². The van der Waals surface area contributed by atoms with E-state index in [9.17, 15) is 0 Å². The number of nitrogens with two attached hydrogens (primary N) is 1. The molecule has 1 aliphatic rings. The molecule has 0 saturated carbocycles. The molecule has 2 N–H and O–H groups in total. The van der Waals surface area contributed by atoms with Crippen LogP contribution in [0.1, 0.15) is 0 Å². The second kappa shape index (κ2) is 4.10. The summed E-state index contributed by atoms with van der Waals surface area (Å²) in [5.41, 5.74) is 8.88. The van der Waals surface area contributed by atoms with Crippen LogP contribution >= 0.6 is 11.8 Å². The number of nitrogen functional groups attached to an aromatic ring is 1. The first kappa shape index (κ1) is 10.9. The van der Waals surface area contributed by atoms with Crippen molar-refractivity contribution in [3.05, 3.63) is 54.1 Å². The van der Waals surface area contributed by atoms with Crippen LogP contribution in [0.5, 0.6) is 0 Å².